The van der Waals surface area contributed by atoms with E-state index in [1.807, 2.05) is 0 Å². The Kier molecular flexibility index (Phi) is 18.4. The average Bonchev–Trinajstić information content (AvgIpc) is 2.60. The Morgan fingerprint density at radius 3 is 1.41 bits per heavy atom. The van der Waals surface area contributed by atoms with Crippen molar-refractivity contribution in [3.05, 3.63) is 0 Å². The van der Waals surface area contributed by atoms with Gasteiger partial charge in [-0.1, -0.05) is 53.4 Å². The number of hydrogen-bond donors (Lipinski definition) is 2. The summed E-state index contributed by atoms with van der Waals surface area (Å²) >= 11 is 0. The molecule has 7 nitrogen and oxygen atoms in total. The molecule has 27 heavy (non-hydrogen) atoms. The first kappa shape index (κ1) is 28.5. The number of hydrogen-bond acceptors (Lipinski definition) is 5. The molecule has 0 saturated carbocycles. The zero-order chi connectivity index (χ0) is 21.2. The molecule has 0 saturated heterocycles. The van der Waals surface area contributed by atoms with E-state index in [1.165, 1.54) is 82.0 Å². The van der Waals surface area contributed by atoms with Crippen LogP contribution in [0, 0.1) is 0 Å². The molecule has 0 aromatic rings. The van der Waals surface area contributed by atoms with Gasteiger partial charge < -0.3 is 14.4 Å². The Morgan fingerprint density at radius 1 is 0.852 bits per heavy atom. The maximum Gasteiger partial charge on any atom is 0.448 e. The van der Waals surface area contributed by atoms with Crippen LogP contribution in [0.25, 0.3) is 0 Å². The van der Waals surface area contributed by atoms with Crippen LogP contribution >= 0.6 is 0 Å². The van der Waals surface area contributed by atoms with E-state index < -0.39 is 16.4 Å². The number of carbonyl (C=O) groups is 1. The Labute approximate surface area is 167 Å². The summed E-state index contributed by atoms with van der Waals surface area (Å²) in [5, 5.41) is 0. The maximum atomic E-state index is 10.2. The lowest BCUT2D eigenvalue weighted by molar-refractivity contribution is -0.929. The molecule has 0 fully saturated rings. The first-order valence-corrected chi connectivity index (χ1v) is 11.8. The fourth-order valence-electron chi connectivity index (χ4n) is 2.92. The number of rotatable bonds is 15. The minimum absolute atomic E-state index is 0.0195. The van der Waals surface area contributed by atoms with Crippen molar-refractivity contribution in [1.29, 1.82) is 0 Å². The molecular weight excluding hydrogens is 368 g/mol. The van der Waals surface area contributed by atoms with Crippen LogP contribution in [0.5, 0.6) is 0 Å². The third-order valence-corrected chi connectivity index (χ3v) is 4.89. The molecule has 0 rings (SSSR count). The van der Waals surface area contributed by atoms with Crippen LogP contribution in [0.3, 0.4) is 0 Å². The number of carbonyl (C=O) groups excluding carboxylic acids is 1. The van der Waals surface area contributed by atoms with Gasteiger partial charge >= 0.3 is 16.4 Å². The van der Waals surface area contributed by atoms with Crippen molar-refractivity contribution in [3.8, 4) is 0 Å². The lowest BCUT2D eigenvalue weighted by Gasteiger charge is -2.39. The predicted molar refractivity (Wildman–Crippen MR) is 111 cm³/mol. The zero-order valence-electron chi connectivity index (χ0n) is 17.9. The lowest BCUT2D eigenvalue weighted by atomic mass is 10.1. The number of unbranched alkanes of at least 4 members (excludes halogenated alkanes) is 4. The Hall–Kier alpha value is -0.700. The van der Waals surface area contributed by atoms with Gasteiger partial charge in [-0.2, -0.15) is 8.42 Å². The van der Waals surface area contributed by atoms with Gasteiger partial charge in [0.15, 0.2) is 0 Å². The van der Waals surface area contributed by atoms with Crippen molar-refractivity contribution in [2.45, 2.75) is 85.5 Å². The molecule has 8 heteroatoms. The quantitative estimate of drug-likeness (QED) is 0.314. The molecular formula is C19H43N2O5S+. The maximum absolute atomic E-state index is 10.2. The third kappa shape index (κ3) is 18.4. The third-order valence-electron chi connectivity index (χ3n) is 4.49. The highest BCUT2D eigenvalue weighted by molar-refractivity contribution is 7.81. The van der Waals surface area contributed by atoms with Crippen molar-refractivity contribution in [1.82, 2.24) is 0 Å². The molecule has 0 radical (unpaired) electrons. The molecule has 0 aliphatic carbocycles. The summed E-state index contributed by atoms with van der Waals surface area (Å²) in [6.07, 6.45) is 10.8. The van der Waals surface area contributed by atoms with Crippen LogP contribution in [0.1, 0.15) is 85.5 Å². The normalized spacial score (nSPS) is 11.6. The van der Waals surface area contributed by atoms with Crippen LogP contribution in [-0.4, -0.2) is 56.1 Å². The van der Waals surface area contributed by atoms with E-state index >= 15 is 0 Å². The summed E-state index contributed by atoms with van der Waals surface area (Å²) in [7, 11) is -4.65. The minimum Gasteiger partial charge on any atom is -0.330 e. The summed E-state index contributed by atoms with van der Waals surface area (Å²) < 4.78 is 32.4. The van der Waals surface area contributed by atoms with Gasteiger partial charge in [0.25, 0.3) is 0 Å². The van der Waals surface area contributed by atoms with Crippen molar-refractivity contribution in [3.63, 3.8) is 0 Å². The van der Waals surface area contributed by atoms with Gasteiger partial charge in [-0.15, -0.1) is 0 Å². The molecule has 0 bridgehead atoms. The molecule has 0 atom stereocenters. The summed E-state index contributed by atoms with van der Waals surface area (Å²) in [6, 6.07) is 0. The van der Waals surface area contributed by atoms with E-state index in [-0.39, 0.29) is 13.0 Å². The standard InChI is InChI=1S/C16H36N.C3H7NO5S/c1-5-9-13-17(14-10-6-2,15-11-7-3)16-12-8-4;4-2-1-3(5)9-10(6,7)8/h5-16H2,1-4H3;1-2,4H2,(H,6,7,8)/q+1;. The van der Waals surface area contributed by atoms with Gasteiger partial charge in [-0.25, -0.2) is 0 Å². The van der Waals surface area contributed by atoms with E-state index in [0.29, 0.717) is 0 Å². The van der Waals surface area contributed by atoms with E-state index in [9.17, 15) is 13.2 Å². The van der Waals surface area contributed by atoms with Crippen LogP contribution in [0.15, 0.2) is 0 Å². The minimum atomic E-state index is -4.65. The fraction of sp³-hybridized carbons (Fsp3) is 0.947. The highest BCUT2D eigenvalue weighted by Crippen LogP contribution is 2.16. The van der Waals surface area contributed by atoms with Crippen LogP contribution in [0.2, 0.25) is 0 Å². The predicted octanol–water partition coefficient (Wildman–Crippen LogP) is 3.68. The smallest absolute Gasteiger partial charge is 0.330 e. The SMILES string of the molecule is CCCC[N+](CCCC)(CCCC)CCCC.NCCC(=O)OS(=O)(=O)O. The van der Waals surface area contributed by atoms with Gasteiger partial charge in [-0.05, 0) is 25.7 Å². The second-order valence-corrected chi connectivity index (χ2v) is 8.09. The van der Waals surface area contributed by atoms with E-state index in [0.717, 1.165) is 0 Å². The Bertz CT molecular complexity index is 418. The molecule has 0 heterocycles. The Balaban J connectivity index is 0. The van der Waals surface area contributed by atoms with Gasteiger partial charge in [0.1, 0.15) is 0 Å². The van der Waals surface area contributed by atoms with E-state index in [2.05, 4.69) is 31.9 Å². The van der Waals surface area contributed by atoms with Gasteiger partial charge in [0.2, 0.25) is 0 Å². The summed E-state index contributed by atoms with van der Waals surface area (Å²) in [6.45, 7) is 15.0. The Morgan fingerprint density at radius 2 is 1.19 bits per heavy atom. The lowest BCUT2D eigenvalue weighted by Crippen LogP contribution is -2.50. The molecule has 0 spiro atoms. The molecule has 0 amide bonds. The largest absolute Gasteiger partial charge is 0.448 e. The average molecular weight is 412 g/mol. The molecule has 0 aliphatic heterocycles. The highest BCUT2D eigenvalue weighted by Gasteiger charge is 2.24. The van der Waals surface area contributed by atoms with E-state index in [4.69, 9.17) is 10.3 Å². The van der Waals surface area contributed by atoms with Gasteiger partial charge in [-0.3, -0.25) is 9.35 Å². The molecule has 0 aromatic heterocycles. The topological polar surface area (TPSA) is 107 Å². The molecule has 3 N–H and O–H groups in total. The van der Waals surface area contributed by atoms with Gasteiger partial charge in [0.05, 0.1) is 32.6 Å². The number of nitrogens with two attached hydrogens (primary N) is 1. The summed E-state index contributed by atoms with van der Waals surface area (Å²) in [5.41, 5.74) is 4.87. The van der Waals surface area contributed by atoms with Crippen LogP contribution in [0.4, 0.5) is 0 Å². The molecule has 0 unspecified atom stereocenters. The first-order chi connectivity index (χ1) is 12.7. The summed E-state index contributed by atoms with van der Waals surface area (Å²) in [5.74, 6) is -1.06. The molecule has 0 aliphatic rings. The molecule has 164 valence electrons. The van der Waals surface area contributed by atoms with Crippen molar-refractivity contribution in [2.24, 2.45) is 5.73 Å². The zero-order valence-corrected chi connectivity index (χ0v) is 18.7. The van der Waals surface area contributed by atoms with Crippen molar-refractivity contribution < 1.29 is 26.4 Å². The van der Waals surface area contributed by atoms with Gasteiger partial charge in [0, 0.05) is 6.54 Å². The van der Waals surface area contributed by atoms with Crippen molar-refractivity contribution >= 4 is 16.4 Å². The summed E-state index contributed by atoms with van der Waals surface area (Å²) in [4.78, 5) is 10.2. The second-order valence-electron chi connectivity index (χ2n) is 7.07. The highest BCUT2D eigenvalue weighted by atomic mass is 32.3. The number of quaternary nitrogens is 1. The first-order valence-electron chi connectivity index (χ1n) is 10.4. The number of nitrogens with zero attached hydrogens (tertiary/aromatic N) is 1. The fourth-order valence-corrected chi connectivity index (χ4v) is 3.24. The van der Waals surface area contributed by atoms with Crippen LogP contribution < -0.4 is 5.73 Å². The monoisotopic (exact) mass is 411 g/mol. The second kappa shape index (κ2) is 17.4. The van der Waals surface area contributed by atoms with E-state index in [1.54, 1.807) is 0 Å². The van der Waals surface area contributed by atoms with Crippen molar-refractivity contribution in [2.75, 3.05) is 32.7 Å². The van der Waals surface area contributed by atoms with Crippen LogP contribution in [-0.2, 0) is 19.4 Å². The molecule has 0 aromatic carbocycles.